The Hall–Kier alpha value is -4.67. The Balaban J connectivity index is 1.93. The highest BCUT2D eigenvalue weighted by Gasteiger charge is 2.29. The number of hydrogen-bond acceptors (Lipinski definition) is 5. The summed E-state index contributed by atoms with van der Waals surface area (Å²) in [5, 5.41) is 32.6. The maximum absolute atomic E-state index is 14.0. The number of halogens is 2. The summed E-state index contributed by atoms with van der Waals surface area (Å²) >= 11 is 0. The second-order valence-electron chi connectivity index (χ2n) is 10.4. The third-order valence-corrected chi connectivity index (χ3v) is 6.82. The number of rotatable bonds is 12. The summed E-state index contributed by atoms with van der Waals surface area (Å²) in [5.74, 6) is -2.52. The molecule has 0 unspecified atom stereocenters. The molecule has 4 aromatic rings. The number of aromatic nitrogens is 2. The maximum Gasteiger partial charge on any atom is 0.305 e. The molecule has 0 aliphatic rings. The van der Waals surface area contributed by atoms with Crippen LogP contribution in [-0.4, -0.2) is 49.0 Å². The SMILES string of the molecule is CC(C)n1c(/C=C/[C@@H](O)C[C@@H](O)CC(=O)O)c(-c2ccc(F)cc2)c(-c2ccc(F)cc2)c1C(=O)NCc1cccnc1. The van der Waals surface area contributed by atoms with Crippen LogP contribution in [0.4, 0.5) is 8.78 Å². The van der Waals surface area contributed by atoms with E-state index in [1.165, 1.54) is 30.3 Å². The van der Waals surface area contributed by atoms with Gasteiger partial charge in [0.05, 0.1) is 18.6 Å². The minimum absolute atomic E-state index is 0.191. The van der Waals surface area contributed by atoms with Crippen molar-refractivity contribution in [2.45, 2.75) is 51.5 Å². The molecule has 1 amide bonds. The van der Waals surface area contributed by atoms with E-state index in [9.17, 15) is 28.6 Å². The van der Waals surface area contributed by atoms with E-state index in [-0.39, 0.29) is 24.7 Å². The van der Waals surface area contributed by atoms with E-state index in [0.717, 1.165) is 5.56 Å². The largest absolute Gasteiger partial charge is 0.481 e. The lowest BCUT2D eigenvalue weighted by Crippen LogP contribution is -2.27. The highest BCUT2D eigenvalue weighted by Crippen LogP contribution is 2.42. The van der Waals surface area contributed by atoms with Gasteiger partial charge >= 0.3 is 5.97 Å². The van der Waals surface area contributed by atoms with Gasteiger partial charge in [0.1, 0.15) is 17.3 Å². The quantitative estimate of drug-likeness (QED) is 0.170. The van der Waals surface area contributed by atoms with Gasteiger partial charge in [-0.25, -0.2) is 8.78 Å². The lowest BCUT2D eigenvalue weighted by atomic mass is 9.94. The molecule has 0 aliphatic heterocycles. The van der Waals surface area contributed by atoms with Gasteiger partial charge < -0.3 is 25.2 Å². The minimum atomic E-state index is -1.27. The summed E-state index contributed by atoms with van der Waals surface area (Å²) in [6.07, 6.45) is 3.06. The summed E-state index contributed by atoms with van der Waals surface area (Å²) < 4.78 is 29.8. The second kappa shape index (κ2) is 14.0. The van der Waals surface area contributed by atoms with Crippen molar-refractivity contribution >= 4 is 18.0 Å². The Morgan fingerprint density at radius 2 is 1.56 bits per heavy atom. The molecule has 2 atom stereocenters. The van der Waals surface area contributed by atoms with E-state index in [2.05, 4.69) is 10.3 Å². The molecule has 2 aromatic heterocycles. The Labute approximate surface area is 248 Å². The van der Waals surface area contributed by atoms with Gasteiger partial charge in [0.15, 0.2) is 0 Å². The van der Waals surface area contributed by atoms with Crippen molar-refractivity contribution < 1.29 is 33.7 Å². The molecule has 0 saturated carbocycles. The summed E-state index contributed by atoms with van der Waals surface area (Å²) in [6, 6.07) is 14.7. The zero-order valence-electron chi connectivity index (χ0n) is 23.7. The number of nitrogens with zero attached hydrogens (tertiary/aromatic N) is 2. The Morgan fingerprint density at radius 3 is 2.09 bits per heavy atom. The van der Waals surface area contributed by atoms with Crippen LogP contribution in [0.5, 0.6) is 0 Å². The zero-order valence-corrected chi connectivity index (χ0v) is 23.7. The van der Waals surface area contributed by atoms with Gasteiger partial charge in [-0.05, 0) is 66.9 Å². The predicted molar refractivity (Wildman–Crippen MR) is 159 cm³/mol. The van der Waals surface area contributed by atoms with E-state index in [4.69, 9.17) is 5.11 Å². The molecular weight excluding hydrogens is 556 g/mol. The van der Waals surface area contributed by atoms with Crippen molar-refractivity contribution in [1.29, 1.82) is 0 Å². The van der Waals surface area contributed by atoms with E-state index >= 15 is 0 Å². The predicted octanol–water partition coefficient (Wildman–Crippen LogP) is 5.61. The van der Waals surface area contributed by atoms with Crippen molar-refractivity contribution in [3.63, 3.8) is 0 Å². The first kappa shape index (κ1) is 31.3. The standard InChI is InChI=1S/C33H33F2N3O5/c1-20(2)38-28(14-13-26(39)16-27(40)17-29(41)42)30(22-5-9-24(34)10-6-22)31(23-7-11-25(35)12-8-23)32(38)33(43)37-19-21-4-3-15-36-18-21/h3-15,18,20,26-27,39-40H,16-17,19H2,1-2H3,(H,37,43)(H,41,42)/b14-13+/t26-,27-/m1/s1. The number of carbonyl (C=O) groups excluding carboxylic acids is 1. The van der Waals surface area contributed by atoms with Crippen LogP contribution in [0.15, 0.2) is 79.1 Å². The van der Waals surface area contributed by atoms with Crippen LogP contribution in [0.25, 0.3) is 28.3 Å². The fourth-order valence-electron chi connectivity index (χ4n) is 4.95. The summed E-state index contributed by atoms with van der Waals surface area (Å²) in [7, 11) is 0. The first-order valence-corrected chi connectivity index (χ1v) is 13.8. The van der Waals surface area contributed by atoms with Crippen LogP contribution in [0.2, 0.25) is 0 Å². The number of carboxylic acids is 1. The molecule has 10 heteroatoms. The molecular formula is C33H33F2N3O5. The van der Waals surface area contributed by atoms with Crippen molar-refractivity contribution in [3.8, 4) is 22.3 Å². The number of nitrogens with one attached hydrogen (secondary N) is 1. The van der Waals surface area contributed by atoms with Crippen LogP contribution in [0.3, 0.4) is 0 Å². The van der Waals surface area contributed by atoms with Gasteiger partial charge in [-0.1, -0.05) is 36.4 Å². The molecule has 4 N–H and O–H groups in total. The number of aliphatic carboxylic acids is 1. The molecule has 224 valence electrons. The fourth-order valence-corrected chi connectivity index (χ4v) is 4.95. The Kier molecular flexibility index (Phi) is 10.2. The number of aliphatic hydroxyl groups is 2. The molecule has 43 heavy (non-hydrogen) atoms. The molecule has 8 nitrogen and oxygen atoms in total. The lowest BCUT2D eigenvalue weighted by molar-refractivity contribution is -0.139. The molecule has 2 aromatic carbocycles. The van der Waals surface area contributed by atoms with Crippen LogP contribution in [0, 0.1) is 11.6 Å². The average Bonchev–Trinajstić information content (AvgIpc) is 3.31. The van der Waals surface area contributed by atoms with Crippen LogP contribution in [-0.2, 0) is 11.3 Å². The molecule has 0 spiro atoms. The number of pyridine rings is 1. The molecule has 0 bridgehead atoms. The van der Waals surface area contributed by atoms with E-state index < -0.39 is 42.1 Å². The van der Waals surface area contributed by atoms with Crippen molar-refractivity contribution in [3.05, 3.63) is 108 Å². The monoisotopic (exact) mass is 589 g/mol. The highest BCUT2D eigenvalue weighted by molar-refractivity contribution is 6.06. The van der Waals surface area contributed by atoms with Crippen LogP contribution < -0.4 is 5.32 Å². The topological polar surface area (TPSA) is 125 Å². The van der Waals surface area contributed by atoms with Crippen molar-refractivity contribution in [2.24, 2.45) is 0 Å². The smallest absolute Gasteiger partial charge is 0.305 e. The summed E-state index contributed by atoms with van der Waals surface area (Å²) in [5.41, 5.74) is 3.68. The fraction of sp³-hybridized carbons (Fsp3) is 0.242. The van der Waals surface area contributed by atoms with Crippen molar-refractivity contribution in [2.75, 3.05) is 0 Å². The number of aliphatic hydroxyl groups excluding tert-OH is 2. The van der Waals surface area contributed by atoms with Crippen LogP contribution >= 0.6 is 0 Å². The number of amides is 1. The first-order chi connectivity index (χ1) is 20.5. The van der Waals surface area contributed by atoms with Crippen molar-refractivity contribution in [1.82, 2.24) is 14.9 Å². The number of carbonyl (C=O) groups is 2. The first-order valence-electron chi connectivity index (χ1n) is 13.8. The molecule has 4 rings (SSSR count). The van der Waals surface area contributed by atoms with Gasteiger partial charge in [0.2, 0.25) is 0 Å². The molecule has 0 saturated heterocycles. The number of hydrogen-bond donors (Lipinski definition) is 4. The van der Waals surface area contributed by atoms with E-state index in [1.54, 1.807) is 53.4 Å². The maximum atomic E-state index is 14.0. The molecule has 0 radical (unpaired) electrons. The van der Waals surface area contributed by atoms with Crippen LogP contribution in [0.1, 0.15) is 54.5 Å². The Morgan fingerprint density at radius 1 is 0.953 bits per heavy atom. The van der Waals surface area contributed by atoms with Gasteiger partial charge in [-0.2, -0.15) is 0 Å². The molecule has 0 aliphatic carbocycles. The zero-order chi connectivity index (χ0) is 31.1. The number of benzene rings is 2. The third kappa shape index (κ3) is 7.79. The molecule has 0 fully saturated rings. The number of carboxylic acid groups (broad SMARTS) is 1. The van der Waals surface area contributed by atoms with E-state index in [1.807, 2.05) is 19.9 Å². The normalized spacial score (nSPS) is 12.9. The van der Waals surface area contributed by atoms with Gasteiger partial charge in [0.25, 0.3) is 5.91 Å². The molecule has 2 heterocycles. The van der Waals surface area contributed by atoms with E-state index in [0.29, 0.717) is 27.9 Å². The minimum Gasteiger partial charge on any atom is -0.481 e. The highest BCUT2D eigenvalue weighted by atomic mass is 19.1. The summed E-state index contributed by atoms with van der Waals surface area (Å²) in [6.45, 7) is 3.95. The lowest BCUT2D eigenvalue weighted by Gasteiger charge is -2.17. The summed E-state index contributed by atoms with van der Waals surface area (Å²) in [4.78, 5) is 29.0. The Bertz CT molecular complexity index is 1580. The third-order valence-electron chi connectivity index (χ3n) is 6.82. The van der Waals surface area contributed by atoms with Gasteiger partial charge in [-0.3, -0.25) is 14.6 Å². The van der Waals surface area contributed by atoms with Gasteiger partial charge in [0, 0.05) is 48.2 Å². The van der Waals surface area contributed by atoms with Gasteiger partial charge in [-0.15, -0.1) is 0 Å². The second-order valence-corrected chi connectivity index (χ2v) is 10.4. The average molecular weight is 590 g/mol.